The van der Waals surface area contributed by atoms with Crippen LogP contribution in [0.2, 0.25) is 0 Å². The number of rotatable bonds is 3. The number of carbonyl (C=O) groups is 1. The molecular formula is C18H25N5O3. The topological polar surface area (TPSA) is 83.2 Å². The molecule has 4 rings (SSSR count). The van der Waals surface area contributed by atoms with E-state index in [1.807, 2.05) is 6.92 Å². The van der Waals surface area contributed by atoms with Crippen LogP contribution in [0.1, 0.15) is 28.9 Å². The van der Waals surface area contributed by atoms with Crippen molar-refractivity contribution >= 4 is 11.6 Å². The van der Waals surface area contributed by atoms with Crippen LogP contribution in [0.25, 0.3) is 5.65 Å². The number of likely N-dealkylation sites (tertiary alicyclic amines) is 1. The van der Waals surface area contributed by atoms with Gasteiger partial charge in [-0.05, 0) is 32.9 Å². The van der Waals surface area contributed by atoms with Crippen LogP contribution < -0.4 is 0 Å². The van der Waals surface area contributed by atoms with Crippen LogP contribution in [-0.4, -0.2) is 87.0 Å². The van der Waals surface area contributed by atoms with Crippen molar-refractivity contribution in [1.82, 2.24) is 24.4 Å². The van der Waals surface area contributed by atoms with Crippen LogP contribution in [0.3, 0.4) is 0 Å². The molecule has 2 aliphatic heterocycles. The zero-order valence-corrected chi connectivity index (χ0v) is 15.1. The first-order chi connectivity index (χ1) is 12.6. The molecule has 0 bridgehead atoms. The predicted octanol–water partition coefficient (Wildman–Crippen LogP) is 0.337. The van der Waals surface area contributed by atoms with E-state index in [0.717, 1.165) is 31.6 Å². The summed E-state index contributed by atoms with van der Waals surface area (Å²) in [5.41, 5.74) is 0.918. The third kappa shape index (κ3) is 3.32. The lowest BCUT2D eigenvalue weighted by atomic mass is 10.0. The predicted molar refractivity (Wildman–Crippen MR) is 95.1 cm³/mol. The lowest BCUT2D eigenvalue weighted by Crippen LogP contribution is -2.53. The monoisotopic (exact) mass is 359 g/mol. The summed E-state index contributed by atoms with van der Waals surface area (Å²) in [6.45, 7) is 5.78. The summed E-state index contributed by atoms with van der Waals surface area (Å²) in [6.07, 6.45) is 5.58. The summed E-state index contributed by atoms with van der Waals surface area (Å²) in [4.78, 5) is 21.4. The quantitative estimate of drug-likeness (QED) is 0.851. The zero-order valence-electron chi connectivity index (χ0n) is 15.1. The summed E-state index contributed by atoms with van der Waals surface area (Å²) in [5, 5.41) is 15.3. The lowest BCUT2D eigenvalue weighted by Gasteiger charge is -2.34. The van der Waals surface area contributed by atoms with Gasteiger partial charge >= 0.3 is 0 Å². The average Bonchev–Trinajstić information content (AvgIpc) is 3.25. The minimum atomic E-state index is -1.05. The van der Waals surface area contributed by atoms with Crippen molar-refractivity contribution in [3.05, 3.63) is 29.7 Å². The fourth-order valence-electron chi connectivity index (χ4n) is 3.91. The molecular weight excluding hydrogens is 334 g/mol. The van der Waals surface area contributed by atoms with Gasteiger partial charge in [-0.3, -0.25) is 4.79 Å². The molecule has 26 heavy (non-hydrogen) atoms. The fraction of sp³-hybridized carbons (Fsp3) is 0.611. The Morgan fingerprint density at radius 1 is 1.35 bits per heavy atom. The Kier molecular flexibility index (Phi) is 4.64. The van der Waals surface area contributed by atoms with E-state index in [0.29, 0.717) is 30.9 Å². The second-order valence-corrected chi connectivity index (χ2v) is 7.35. The molecule has 0 unspecified atom stereocenters. The van der Waals surface area contributed by atoms with Gasteiger partial charge in [0.05, 0.1) is 37.2 Å². The van der Waals surface area contributed by atoms with E-state index in [4.69, 9.17) is 4.74 Å². The lowest BCUT2D eigenvalue weighted by molar-refractivity contribution is -0.0524. The van der Waals surface area contributed by atoms with Crippen molar-refractivity contribution in [3.63, 3.8) is 0 Å². The second-order valence-electron chi connectivity index (χ2n) is 7.35. The molecule has 2 fully saturated rings. The third-order valence-corrected chi connectivity index (χ3v) is 5.25. The van der Waals surface area contributed by atoms with Gasteiger partial charge in [0, 0.05) is 25.4 Å². The number of hydrogen-bond acceptors (Lipinski definition) is 6. The van der Waals surface area contributed by atoms with E-state index in [1.165, 1.54) is 0 Å². The summed E-state index contributed by atoms with van der Waals surface area (Å²) >= 11 is 0. The maximum atomic E-state index is 13.1. The molecule has 0 aliphatic carbocycles. The Morgan fingerprint density at radius 2 is 2.15 bits per heavy atom. The Hall–Kier alpha value is -2.03. The van der Waals surface area contributed by atoms with Crippen molar-refractivity contribution < 1.29 is 14.6 Å². The van der Waals surface area contributed by atoms with E-state index in [2.05, 4.69) is 15.0 Å². The molecule has 0 saturated carbocycles. The van der Waals surface area contributed by atoms with E-state index in [-0.39, 0.29) is 19.1 Å². The van der Waals surface area contributed by atoms with Gasteiger partial charge in [-0.1, -0.05) is 0 Å². The van der Waals surface area contributed by atoms with E-state index in [1.54, 1.807) is 27.9 Å². The minimum Gasteiger partial charge on any atom is -0.384 e. The molecule has 8 heteroatoms. The van der Waals surface area contributed by atoms with Crippen LogP contribution in [0.4, 0.5) is 0 Å². The van der Waals surface area contributed by atoms with Crippen molar-refractivity contribution in [3.8, 4) is 0 Å². The van der Waals surface area contributed by atoms with Gasteiger partial charge in [0.2, 0.25) is 0 Å². The first-order valence-corrected chi connectivity index (χ1v) is 9.17. The highest BCUT2D eigenvalue weighted by atomic mass is 16.5. The summed E-state index contributed by atoms with van der Waals surface area (Å²) in [7, 11) is 0. The highest BCUT2D eigenvalue weighted by Crippen LogP contribution is 2.20. The normalized spacial score (nSPS) is 24.9. The molecule has 0 spiro atoms. The van der Waals surface area contributed by atoms with Gasteiger partial charge in [0.15, 0.2) is 5.65 Å². The summed E-state index contributed by atoms with van der Waals surface area (Å²) < 4.78 is 7.29. The van der Waals surface area contributed by atoms with Crippen LogP contribution in [-0.2, 0) is 4.74 Å². The van der Waals surface area contributed by atoms with Crippen LogP contribution in [0.5, 0.6) is 0 Å². The first kappa shape index (κ1) is 17.4. The number of ether oxygens (including phenoxy) is 1. The minimum absolute atomic E-state index is 0.141. The van der Waals surface area contributed by atoms with E-state index < -0.39 is 5.60 Å². The van der Waals surface area contributed by atoms with Gasteiger partial charge in [0.25, 0.3) is 5.91 Å². The smallest absolute Gasteiger partial charge is 0.257 e. The first-order valence-electron chi connectivity index (χ1n) is 9.17. The number of carbonyl (C=O) groups excluding carboxylic acids is 1. The number of fused-ring (bicyclic) bond motifs is 1. The number of hydrogen-bond donors (Lipinski definition) is 1. The Balaban J connectivity index is 1.56. The second kappa shape index (κ2) is 6.94. The molecule has 140 valence electrons. The van der Waals surface area contributed by atoms with Gasteiger partial charge in [-0.25, -0.2) is 9.50 Å². The standard InChI is InChI=1S/C18H25N5O3/c1-14-15(10-19-16-4-5-20-23(14)16)17(24)22-8-9-26-13-18(25,12-22)11-21-6-2-3-7-21/h4-5,10,25H,2-3,6-9,11-13H2,1H3/t18-/m0/s1. The number of nitrogens with zero attached hydrogens (tertiary/aromatic N) is 5. The van der Waals surface area contributed by atoms with Crippen LogP contribution in [0.15, 0.2) is 18.5 Å². The molecule has 4 heterocycles. The molecule has 1 amide bonds. The molecule has 2 aromatic heterocycles. The van der Waals surface area contributed by atoms with Crippen molar-refractivity contribution in [2.24, 2.45) is 0 Å². The Bertz CT molecular complexity index is 801. The molecule has 0 aromatic carbocycles. The maximum absolute atomic E-state index is 13.1. The van der Waals surface area contributed by atoms with Crippen molar-refractivity contribution in [1.29, 1.82) is 0 Å². The van der Waals surface area contributed by atoms with Gasteiger partial charge in [-0.15, -0.1) is 0 Å². The molecule has 1 atom stereocenters. The molecule has 2 aromatic rings. The average molecular weight is 359 g/mol. The molecule has 2 saturated heterocycles. The Labute approximate surface area is 152 Å². The van der Waals surface area contributed by atoms with Gasteiger partial charge < -0.3 is 19.6 Å². The Morgan fingerprint density at radius 3 is 2.96 bits per heavy atom. The zero-order chi connectivity index (χ0) is 18.1. The number of aliphatic hydroxyl groups is 1. The number of β-amino-alcohol motifs (C(OH)–C–C–N with tert-alkyl or cyclic N) is 1. The van der Waals surface area contributed by atoms with Gasteiger partial charge in [0.1, 0.15) is 5.60 Å². The van der Waals surface area contributed by atoms with Crippen LogP contribution in [0, 0.1) is 6.92 Å². The van der Waals surface area contributed by atoms with Crippen LogP contribution >= 0.6 is 0 Å². The highest BCUT2D eigenvalue weighted by Gasteiger charge is 2.37. The number of amides is 1. The maximum Gasteiger partial charge on any atom is 0.257 e. The summed E-state index contributed by atoms with van der Waals surface area (Å²) in [5.74, 6) is -0.141. The van der Waals surface area contributed by atoms with E-state index in [9.17, 15) is 9.90 Å². The number of aryl methyl sites for hydroxylation is 1. The third-order valence-electron chi connectivity index (χ3n) is 5.25. The molecule has 1 N–H and O–H groups in total. The van der Waals surface area contributed by atoms with Crippen molar-refractivity contribution in [2.45, 2.75) is 25.4 Å². The highest BCUT2D eigenvalue weighted by molar-refractivity contribution is 5.95. The molecule has 0 radical (unpaired) electrons. The number of aromatic nitrogens is 3. The largest absolute Gasteiger partial charge is 0.384 e. The molecule has 8 nitrogen and oxygen atoms in total. The molecule has 2 aliphatic rings. The van der Waals surface area contributed by atoms with Gasteiger partial charge in [-0.2, -0.15) is 5.10 Å². The SMILES string of the molecule is Cc1c(C(=O)N2CCOC[C@](O)(CN3CCCC3)C2)cnc2ccnn12. The summed E-state index contributed by atoms with van der Waals surface area (Å²) in [6, 6.07) is 1.80. The fourth-order valence-corrected chi connectivity index (χ4v) is 3.91. The van der Waals surface area contributed by atoms with E-state index >= 15 is 0 Å². The van der Waals surface area contributed by atoms with Crippen molar-refractivity contribution in [2.75, 3.05) is 45.9 Å².